The van der Waals surface area contributed by atoms with Gasteiger partial charge in [-0.15, -0.1) is 0 Å². The smallest absolute Gasteiger partial charge is 0.338 e. The van der Waals surface area contributed by atoms with Crippen molar-refractivity contribution >= 4 is 17.6 Å². The normalized spacial score (nSPS) is 10.3. The molecule has 1 N–H and O–H groups in total. The van der Waals surface area contributed by atoms with Crippen molar-refractivity contribution in [1.82, 2.24) is 4.57 Å². The highest BCUT2D eigenvalue weighted by Crippen LogP contribution is 2.29. The fourth-order valence-corrected chi connectivity index (χ4v) is 2.81. The van der Waals surface area contributed by atoms with Gasteiger partial charge in [0.1, 0.15) is 11.5 Å². The lowest BCUT2D eigenvalue weighted by molar-refractivity contribution is -0.119. The van der Waals surface area contributed by atoms with Crippen LogP contribution < -0.4 is 14.8 Å². The molecule has 7 nitrogen and oxygen atoms in total. The number of nitrogens with zero attached hydrogens (tertiary/aromatic N) is 1. The Balaban J connectivity index is 1.64. The predicted octanol–water partition coefficient (Wildman–Crippen LogP) is 3.60. The van der Waals surface area contributed by atoms with Crippen LogP contribution >= 0.6 is 0 Å². The molecule has 0 saturated carbocycles. The first-order valence-corrected chi connectivity index (χ1v) is 8.95. The van der Waals surface area contributed by atoms with Crippen molar-refractivity contribution < 1.29 is 23.8 Å². The average molecular weight is 394 g/mol. The maximum absolute atomic E-state index is 12.4. The van der Waals surface area contributed by atoms with Crippen LogP contribution in [0.4, 0.5) is 5.69 Å². The number of carbonyl (C=O) groups is 2. The summed E-state index contributed by atoms with van der Waals surface area (Å²) < 4.78 is 17.4. The molecule has 29 heavy (non-hydrogen) atoms. The zero-order chi connectivity index (χ0) is 20.8. The van der Waals surface area contributed by atoms with E-state index in [1.807, 2.05) is 42.1 Å². The molecule has 0 unspecified atom stereocenters. The maximum Gasteiger partial charge on any atom is 0.338 e. The largest absolute Gasteiger partial charge is 0.497 e. The van der Waals surface area contributed by atoms with Gasteiger partial charge in [0.15, 0.2) is 6.61 Å². The van der Waals surface area contributed by atoms with Gasteiger partial charge in [0, 0.05) is 24.1 Å². The van der Waals surface area contributed by atoms with E-state index in [2.05, 4.69) is 5.32 Å². The number of benzene rings is 2. The van der Waals surface area contributed by atoms with E-state index in [1.165, 1.54) is 7.11 Å². The van der Waals surface area contributed by atoms with Crippen LogP contribution in [-0.4, -0.2) is 37.3 Å². The molecule has 0 aliphatic rings. The highest BCUT2D eigenvalue weighted by molar-refractivity contribution is 5.96. The molecule has 1 amide bonds. The quantitative estimate of drug-likeness (QED) is 0.620. The summed E-state index contributed by atoms with van der Waals surface area (Å²) in [4.78, 5) is 24.6. The van der Waals surface area contributed by atoms with Crippen molar-refractivity contribution in [1.29, 1.82) is 0 Å². The van der Waals surface area contributed by atoms with Crippen molar-refractivity contribution in [2.24, 2.45) is 0 Å². The molecular weight excluding hydrogens is 372 g/mol. The van der Waals surface area contributed by atoms with E-state index in [0.717, 1.165) is 11.3 Å². The number of hydrogen-bond acceptors (Lipinski definition) is 5. The van der Waals surface area contributed by atoms with Gasteiger partial charge in [0.2, 0.25) is 0 Å². The van der Waals surface area contributed by atoms with Gasteiger partial charge in [-0.05, 0) is 48.9 Å². The lowest BCUT2D eigenvalue weighted by Gasteiger charge is -2.12. The Kier molecular flexibility index (Phi) is 6.19. The molecular formula is C22H22N2O5. The van der Waals surface area contributed by atoms with Gasteiger partial charge >= 0.3 is 5.97 Å². The number of aromatic nitrogens is 1. The van der Waals surface area contributed by atoms with E-state index in [-0.39, 0.29) is 0 Å². The third-order valence-electron chi connectivity index (χ3n) is 4.34. The van der Waals surface area contributed by atoms with Crippen molar-refractivity contribution in [3.05, 3.63) is 72.1 Å². The number of aryl methyl sites for hydroxylation is 1. The standard InChI is InChI=1S/C22H22N2O5/c1-15-6-7-16(12-19(15)24-10-4-5-11-24)22(26)29-14-21(25)23-18-9-8-17(27-2)13-20(18)28-3/h4-13H,14H2,1-3H3,(H,23,25). The highest BCUT2D eigenvalue weighted by atomic mass is 16.5. The molecule has 1 heterocycles. The first-order chi connectivity index (χ1) is 14.0. The number of ether oxygens (including phenoxy) is 3. The number of methoxy groups -OCH3 is 2. The summed E-state index contributed by atoms with van der Waals surface area (Å²) in [7, 11) is 3.03. The lowest BCUT2D eigenvalue weighted by atomic mass is 10.1. The molecule has 0 aliphatic carbocycles. The Hall–Kier alpha value is -3.74. The highest BCUT2D eigenvalue weighted by Gasteiger charge is 2.14. The maximum atomic E-state index is 12.4. The van der Waals surface area contributed by atoms with E-state index in [0.29, 0.717) is 22.7 Å². The van der Waals surface area contributed by atoms with Crippen molar-refractivity contribution in [2.75, 3.05) is 26.1 Å². The summed E-state index contributed by atoms with van der Waals surface area (Å²) in [6.07, 6.45) is 3.79. The number of amides is 1. The van der Waals surface area contributed by atoms with Crippen molar-refractivity contribution in [3.8, 4) is 17.2 Å². The van der Waals surface area contributed by atoms with Crippen LogP contribution in [0.15, 0.2) is 60.9 Å². The fraction of sp³-hybridized carbons (Fsp3) is 0.182. The Labute approximate surface area is 168 Å². The van der Waals surface area contributed by atoms with E-state index < -0.39 is 18.5 Å². The third-order valence-corrected chi connectivity index (χ3v) is 4.34. The molecule has 0 bridgehead atoms. The van der Waals surface area contributed by atoms with Crippen LogP contribution in [-0.2, 0) is 9.53 Å². The summed E-state index contributed by atoms with van der Waals surface area (Å²) in [5.41, 5.74) is 2.72. The zero-order valence-electron chi connectivity index (χ0n) is 16.5. The van der Waals surface area contributed by atoms with Crippen molar-refractivity contribution in [3.63, 3.8) is 0 Å². The first-order valence-electron chi connectivity index (χ1n) is 8.95. The molecule has 7 heteroatoms. The summed E-state index contributed by atoms with van der Waals surface area (Å²) in [5, 5.41) is 2.66. The Bertz CT molecular complexity index is 1010. The second-order valence-electron chi connectivity index (χ2n) is 6.28. The molecule has 1 aromatic heterocycles. The van der Waals surface area contributed by atoms with Gasteiger partial charge in [-0.1, -0.05) is 6.07 Å². The number of anilines is 1. The Morgan fingerprint density at radius 2 is 1.76 bits per heavy atom. The summed E-state index contributed by atoms with van der Waals surface area (Å²) >= 11 is 0. The van der Waals surface area contributed by atoms with Gasteiger partial charge in [-0.3, -0.25) is 4.79 Å². The summed E-state index contributed by atoms with van der Waals surface area (Å²) in [6, 6.07) is 14.1. The first kappa shape index (κ1) is 20.0. The van der Waals surface area contributed by atoms with E-state index in [1.54, 1.807) is 37.4 Å². The second kappa shape index (κ2) is 8.97. The minimum absolute atomic E-state index is 0.370. The van der Waals surface area contributed by atoms with Crippen LogP contribution in [0.25, 0.3) is 5.69 Å². The average Bonchev–Trinajstić information content (AvgIpc) is 3.27. The topological polar surface area (TPSA) is 78.8 Å². The SMILES string of the molecule is COc1ccc(NC(=O)COC(=O)c2ccc(C)c(-n3cccc3)c2)c(OC)c1. The summed E-state index contributed by atoms with van der Waals surface area (Å²) in [5.74, 6) is -0.00196. The number of rotatable bonds is 7. The zero-order valence-corrected chi connectivity index (χ0v) is 16.5. The predicted molar refractivity (Wildman–Crippen MR) is 109 cm³/mol. The molecule has 2 aromatic carbocycles. The molecule has 0 aliphatic heterocycles. The minimum atomic E-state index is -0.574. The number of esters is 1. The van der Waals surface area contributed by atoms with Crippen LogP contribution in [0, 0.1) is 6.92 Å². The Morgan fingerprint density at radius 3 is 2.45 bits per heavy atom. The molecule has 150 valence electrons. The van der Waals surface area contributed by atoms with Crippen LogP contribution in [0.1, 0.15) is 15.9 Å². The molecule has 0 atom stereocenters. The molecule has 3 rings (SSSR count). The van der Waals surface area contributed by atoms with Crippen LogP contribution in [0.2, 0.25) is 0 Å². The minimum Gasteiger partial charge on any atom is -0.497 e. The van der Waals surface area contributed by atoms with E-state index in [9.17, 15) is 9.59 Å². The summed E-state index contributed by atoms with van der Waals surface area (Å²) in [6.45, 7) is 1.54. The van der Waals surface area contributed by atoms with Gasteiger partial charge in [0.25, 0.3) is 5.91 Å². The molecule has 3 aromatic rings. The lowest BCUT2D eigenvalue weighted by Crippen LogP contribution is -2.21. The molecule has 0 fully saturated rings. The number of hydrogen-bond donors (Lipinski definition) is 1. The molecule has 0 saturated heterocycles. The molecule has 0 radical (unpaired) electrons. The van der Waals surface area contributed by atoms with Crippen LogP contribution in [0.3, 0.4) is 0 Å². The van der Waals surface area contributed by atoms with E-state index in [4.69, 9.17) is 14.2 Å². The van der Waals surface area contributed by atoms with Crippen molar-refractivity contribution in [2.45, 2.75) is 6.92 Å². The van der Waals surface area contributed by atoms with Gasteiger partial charge in [-0.2, -0.15) is 0 Å². The fourth-order valence-electron chi connectivity index (χ4n) is 2.81. The Morgan fingerprint density at radius 1 is 1.00 bits per heavy atom. The third kappa shape index (κ3) is 4.76. The van der Waals surface area contributed by atoms with Gasteiger partial charge < -0.3 is 24.1 Å². The monoisotopic (exact) mass is 394 g/mol. The number of carbonyl (C=O) groups excluding carboxylic acids is 2. The number of nitrogens with one attached hydrogen (secondary N) is 1. The van der Waals surface area contributed by atoms with E-state index >= 15 is 0 Å². The van der Waals surface area contributed by atoms with Gasteiger partial charge in [0.05, 0.1) is 25.5 Å². The van der Waals surface area contributed by atoms with Gasteiger partial charge in [-0.25, -0.2) is 4.79 Å². The second-order valence-corrected chi connectivity index (χ2v) is 6.28. The molecule has 0 spiro atoms. The van der Waals surface area contributed by atoms with Crippen LogP contribution in [0.5, 0.6) is 11.5 Å².